The van der Waals surface area contributed by atoms with Gasteiger partial charge in [0.25, 0.3) is 0 Å². The van der Waals surface area contributed by atoms with Crippen LogP contribution >= 0.6 is 0 Å². The minimum atomic E-state index is -4.45. The summed E-state index contributed by atoms with van der Waals surface area (Å²) in [6, 6.07) is 10.7. The van der Waals surface area contributed by atoms with Crippen LogP contribution in [0.5, 0.6) is 23.0 Å². The molecule has 28 heavy (non-hydrogen) atoms. The predicted molar refractivity (Wildman–Crippen MR) is 94.5 cm³/mol. The third kappa shape index (κ3) is 3.93. The van der Waals surface area contributed by atoms with Crippen LogP contribution in [0, 0.1) is 0 Å². The molecule has 0 saturated carbocycles. The van der Waals surface area contributed by atoms with Gasteiger partial charge in [0.15, 0.2) is 5.75 Å². The number of hydrogen-bond acceptors (Lipinski definition) is 5. The summed E-state index contributed by atoms with van der Waals surface area (Å²) in [4.78, 5) is 12.4. The standard InChI is InChI=1S/C19H15F3N2O4/c1-26-16-11-23-24(18(25)17(16)27-2)13-6-8-14(9-7-13)28-15-5-3-4-12(10-15)19(20,21)22/h3-11H,1-2H3. The summed E-state index contributed by atoms with van der Waals surface area (Å²) in [7, 11) is 2.73. The van der Waals surface area contributed by atoms with Crippen molar-refractivity contribution in [2.24, 2.45) is 0 Å². The topological polar surface area (TPSA) is 62.6 Å². The number of halogens is 3. The molecule has 0 amide bonds. The van der Waals surface area contributed by atoms with Crippen LogP contribution in [0.4, 0.5) is 13.2 Å². The zero-order valence-corrected chi connectivity index (χ0v) is 14.9. The van der Waals surface area contributed by atoms with Gasteiger partial charge in [0, 0.05) is 0 Å². The number of hydrogen-bond donors (Lipinski definition) is 0. The van der Waals surface area contributed by atoms with E-state index in [1.165, 1.54) is 44.7 Å². The van der Waals surface area contributed by atoms with Crippen molar-refractivity contribution in [3.8, 4) is 28.7 Å². The molecule has 0 atom stereocenters. The fourth-order valence-electron chi connectivity index (χ4n) is 2.47. The SMILES string of the molecule is COc1cnn(-c2ccc(Oc3cccc(C(F)(F)F)c3)cc2)c(=O)c1OC. The third-order valence-corrected chi connectivity index (χ3v) is 3.80. The van der Waals surface area contributed by atoms with Crippen LogP contribution in [0.25, 0.3) is 5.69 Å². The Morgan fingerprint density at radius 1 is 0.964 bits per heavy atom. The van der Waals surface area contributed by atoms with Gasteiger partial charge >= 0.3 is 11.7 Å². The van der Waals surface area contributed by atoms with Gasteiger partial charge in [0.1, 0.15) is 11.5 Å². The highest BCUT2D eigenvalue weighted by atomic mass is 19.4. The van der Waals surface area contributed by atoms with Crippen molar-refractivity contribution >= 4 is 0 Å². The summed E-state index contributed by atoms with van der Waals surface area (Å²) in [5.41, 5.74) is -0.904. The lowest BCUT2D eigenvalue weighted by molar-refractivity contribution is -0.137. The molecule has 2 aromatic carbocycles. The van der Waals surface area contributed by atoms with Gasteiger partial charge in [-0.15, -0.1) is 0 Å². The number of alkyl halides is 3. The first-order valence-electron chi connectivity index (χ1n) is 7.99. The van der Waals surface area contributed by atoms with Crippen molar-refractivity contribution in [1.29, 1.82) is 0 Å². The van der Waals surface area contributed by atoms with Gasteiger partial charge in [-0.3, -0.25) is 4.79 Å². The van der Waals surface area contributed by atoms with E-state index in [2.05, 4.69) is 5.10 Å². The molecule has 0 N–H and O–H groups in total. The van der Waals surface area contributed by atoms with Gasteiger partial charge in [0.05, 0.1) is 31.7 Å². The molecule has 0 spiro atoms. The first kappa shape index (κ1) is 19.3. The van der Waals surface area contributed by atoms with E-state index in [0.29, 0.717) is 11.4 Å². The van der Waals surface area contributed by atoms with Crippen molar-refractivity contribution in [3.63, 3.8) is 0 Å². The van der Waals surface area contributed by atoms with Gasteiger partial charge in [-0.1, -0.05) is 6.07 Å². The molecule has 1 heterocycles. The number of rotatable bonds is 5. The van der Waals surface area contributed by atoms with E-state index in [0.717, 1.165) is 16.8 Å². The quantitative estimate of drug-likeness (QED) is 0.655. The van der Waals surface area contributed by atoms with E-state index in [9.17, 15) is 18.0 Å². The van der Waals surface area contributed by atoms with Crippen molar-refractivity contribution in [3.05, 3.63) is 70.6 Å². The van der Waals surface area contributed by atoms with Crippen molar-refractivity contribution in [2.75, 3.05) is 14.2 Å². The molecule has 0 aliphatic heterocycles. The highest BCUT2D eigenvalue weighted by Crippen LogP contribution is 2.32. The Labute approximate surface area is 157 Å². The first-order valence-corrected chi connectivity index (χ1v) is 7.99. The molecule has 6 nitrogen and oxygen atoms in total. The second-order valence-corrected chi connectivity index (χ2v) is 5.58. The lowest BCUT2D eigenvalue weighted by Gasteiger charge is -2.11. The zero-order valence-electron chi connectivity index (χ0n) is 14.9. The lowest BCUT2D eigenvalue weighted by atomic mass is 10.2. The summed E-state index contributed by atoms with van der Waals surface area (Å²) >= 11 is 0. The highest BCUT2D eigenvalue weighted by Gasteiger charge is 2.30. The Morgan fingerprint density at radius 2 is 1.68 bits per heavy atom. The second-order valence-electron chi connectivity index (χ2n) is 5.58. The molecule has 0 bridgehead atoms. The molecule has 1 aromatic heterocycles. The van der Waals surface area contributed by atoms with E-state index in [1.807, 2.05) is 0 Å². The average Bonchev–Trinajstić information content (AvgIpc) is 2.68. The Hall–Kier alpha value is -3.49. The zero-order chi connectivity index (χ0) is 20.3. The van der Waals surface area contributed by atoms with Crippen molar-refractivity contribution in [2.45, 2.75) is 6.18 Å². The maximum absolute atomic E-state index is 12.8. The van der Waals surface area contributed by atoms with E-state index in [1.54, 1.807) is 12.1 Å². The Balaban J connectivity index is 1.86. The number of nitrogens with zero attached hydrogens (tertiary/aromatic N) is 2. The molecular formula is C19H15F3N2O4. The van der Waals surface area contributed by atoms with Crippen LogP contribution in [-0.4, -0.2) is 24.0 Å². The van der Waals surface area contributed by atoms with E-state index >= 15 is 0 Å². The van der Waals surface area contributed by atoms with Crippen LogP contribution in [-0.2, 0) is 6.18 Å². The summed E-state index contributed by atoms with van der Waals surface area (Å²) in [6.45, 7) is 0. The summed E-state index contributed by atoms with van der Waals surface area (Å²) < 4.78 is 55.0. The summed E-state index contributed by atoms with van der Waals surface area (Å²) in [6.07, 6.45) is -3.11. The number of aromatic nitrogens is 2. The molecule has 0 saturated heterocycles. The minimum absolute atomic E-state index is 0.00166. The van der Waals surface area contributed by atoms with Gasteiger partial charge in [-0.05, 0) is 42.5 Å². The third-order valence-electron chi connectivity index (χ3n) is 3.80. The predicted octanol–water partition coefficient (Wildman–Crippen LogP) is 4.06. The Bertz CT molecular complexity index is 1030. The molecule has 0 aliphatic carbocycles. The average molecular weight is 392 g/mol. The van der Waals surface area contributed by atoms with Crippen LogP contribution in [0.15, 0.2) is 59.5 Å². The maximum Gasteiger partial charge on any atom is 0.416 e. The Kier molecular flexibility index (Phi) is 5.25. The minimum Gasteiger partial charge on any atom is -0.491 e. The summed E-state index contributed by atoms with van der Waals surface area (Å²) in [5.74, 6) is 0.552. The molecular weight excluding hydrogens is 377 g/mol. The molecule has 3 aromatic rings. The smallest absolute Gasteiger partial charge is 0.416 e. The molecule has 9 heteroatoms. The normalized spacial score (nSPS) is 11.2. The number of benzene rings is 2. The van der Waals surface area contributed by atoms with Crippen LogP contribution in [0.1, 0.15) is 5.56 Å². The summed E-state index contributed by atoms with van der Waals surface area (Å²) in [5, 5.41) is 4.01. The largest absolute Gasteiger partial charge is 0.491 e. The number of methoxy groups -OCH3 is 2. The van der Waals surface area contributed by atoms with Crippen LogP contribution in [0.3, 0.4) is 0 Å². The molecule has 0 fully saturated rings. The van der Waals surface area contributed by atoms with Gasteiger partial charge < -0.3 is 14.2 Å². The van der Waals surface area contributed by atoms with E-state index in [-0.39, 0.29) is 17.2 Å². The van der Waals surface area contributed by atoms with E-state index in [4.69, 9.17) is 14.2 Å². The van der Waals surface area contributed by atoms with Crippen LogP contribution in [0.2, 0.25) is 0 Å². The molecule has 0 unspecified atom stereocenters. The van der Waals surface area contributed by atoms with Gasteiger partial charge in [0.2, 0.25) is 5.75 Å². The van der Waals surface area contributed by atoms with Gasteiger partial charge in [-0.2, -0.15) is 23.0 Å². The monoisotopic (exact) mass is 392 g/mol. The fraction of sp³-hybridized carbons (Fsp3) is 0.158. The lowest BCUT2D eigenvalue weighted by Crippen LogP contribution is -2.22. The van der Waals surface area contributed by atoms with Crippen LogP contribution < -0.4 is 19.8 Å². The molecule has 3 rings (SSSR count). The van der Waals surface area contributed by atoms with Gasteiger partial charge in [-0.25, -0.2) is 0 Å². The first-order chi connectivity index (χ1) is 13.3. The van der Waals surface area contributed by atoms with Crippen molar-refractivity contribution < 1.29 is 27.4 Å². The highest BCUT2D eigenvalue weighted by molar-refractivity contribution is 5.42. The maximum atomic E-state index is 12.8. The molecule has 0 radical (unpaired) electrons. The molecule has 146 valence electrons. The Morgan fingerprint density at radius 3 is 2.29 bits per heavy atom. The number of ether oxygens (including phenoxy) is 3. The molecule has 0 aliphatic rings. The van der Waals surface area contributed by atoms with E-state index < -0.39 is 17.3 Å². The fourth-order valence-corrected chi connectivity index (χ4v) is 2.47. The van der Waals surface area contributed by atoms with Crippen molar-refractivity contribution in [1.82, 2.24) is 9.78 Å². The second kappa shape index (κ2) is 7.63.